The number of aryl methyl sites for hydroxylation is 1. The smallest absolute Gasteiger partial charge is 0.0853 e. The number of para-hydroxylation sites is 1. The van der Waals surface area contributed by atoms with Gasteiger partial charge >= 0.3 is 0 Å². The van der Waals surface area contributed by atoms with Crippen molar-refractivity contribution < 1.29 is 0 Å². The Bertz CT molecular complexity index is 739. The van der Waals surface area contributed by atoms with E-state index < -0.39 is 0 Å². The lowest BCUT2D eigenvalue weighted by molar-refractivity contribution is 0.638. The molecular formula is C16H19N5. The third-order valence-corrected chi connectivity index (χ3v) is 3.71. The van der Waals surface area contributed by atoms with Crippen molar-refractivity contribution in [2.24, 2.45) is 5.73 Å². The van der Waals surface area contributed by atoms with Crippen LogP contribution in [0.5, 0.6) is 0 Å². The molecule has 0 radical (unpaired) electrons. The summed E-state index contributed by atoms with van der Waals surface area (Å²) in [6.45, 7) is 5.23. The van der Waals surface area contributed by atoms with Crippen LogP contribution >= 0.6 is 0 Å². The van der Waals surface area contributed by atoms with Gasteiger partial charge in [0.25, 0.3) is 0 Å². The van der Waals surface area contributed by atoms with Gasteiger partial charge in [-0.05, 0) is 32.0 Å². The highest BCUT2D eigenvalue weighted by Gasteiger charge is 2.11. The minimum Gasteiger partial charge on any atom is -0.326 e. The van der Waals surface area contributed by atoms with Crippen LogP contribution in [0.25, 0.3) is 5.69 Å². The van der Waals surface area contributed by atoms with Crippen LogP contribution in [0, 0.1) is 13.8 Å². The summed E-state index contributed by atoms with van der Waals surface area (Å²) in [7, 11) is 0. The van der Waals surface area contributed by atoms with Gasteiger partial charge in [0.05, 0.1) is 23.6 Å². The molecule has 1 aromatic carbocycles. The van der Waals surface area contributed by atoms with Gasteiger partial charge in [-0.1, -0.05) is 18.2 Å². The third-order valence-electron chi connectivity index (χ3n) is 3.71. The summed E-state index contributed by atoms with van der Waals surface area (Å²) in [6, 6.07) is 12.1. The summed E-state index contributed by atoms with van der Waals surface area (Å²) in [4.78, 5) is 0. The Kier molecular flexibility index (Phi) is 3.58. The number of nitrogens with zero attached hydrogens (tertiary/aromatic N) is 4. The van der Waals surface area contributed by atoms with E-state index in [4.69, 9.17) is 5.73 Å². The Balaban J connectivity index is 1.85. The fraction of sp³-hybridized carbons (Fsp3) is 0.250. The molecule has 2 heterocycles. The van der Waals surface area contributed by atoms with Crippen molar-refractivity contribution in [3.63, 3.8) is 0 Å². The molecular weight excluding hydrogens is 262 g/mol. The number of hydrogen-bond donors (Lipinski definition) is 1. The number of nitrogens with two attached hydrogens (primary N) is 1. The lowest BCUT2D eigenvalue weighted by Crippen LogP contribution is -2.06. The monoisotopic (exact) mass is 281 g/mol. The number of benzene rings is 1. The van der Waals surface area contributed by atoms with E-state index in [2.05, 4.69) is 17.1 Å². The minimum atomic E-state index is 0.524. The Hall–Kier alpha value is -2.40. The zero-order chi connectivity index (χ0) is 14.8. The van der Waals surface area contributed by atoms with Gasteiger partial charge in [-0.3, -0.25) is 4.68 Å². The zero-order valence-electron chi connectivity index (χ0n) is 12.3. The second-order valence-corrected chi connectivity index (χ2v) is 5.10. The van der Waals surface area contributed by atoms with E-state index in [1.165, 1.54) is 0 Å². The highest BCUT2D eigenvalue weighted by atomic mass is 15.3. The second-order valence-electron chi connectivity index (χ2n) is 5.10. The summed E-state index contributed by atoms with van der Waals surface area (Å²) >= 11 is 0. The maximum Gasteiger partial charge on any atom is 0.0853 e. The Morgan fingerprint density at radius 3 is 2.48 bits per heavy atom. The normalized spacial score (nSPS) is 11.0. The van der Waals surface area contributed by atoms with Crippen LogP contribution in [0.4, 0.5) is 0 Å². The van der Waals surface area contributed by atoms with E-state index >= 15 is 0 Å². The molecule has 2 aromatic heterocycles. The third kappa shape index (κ3) is 2.60. The maximum atomic E-state index is 5.77. The molecule has 3 aromatic rings. The fourth-order valence-electron chi connectivity index (χ4n) is 2.51. The number of rotatable bonds is 4. The number of aromatic nitrogens is 4. The van der Waals surface area contributed by atoms with Crippen molar-refractivity contribution in [1.82, 2.24) is 19.6 Å². The molecule has 0 aliphatic carbocycles. The average Bonchev–Trinajstić information content (AvgIpc) is 3.06. The molecule has 108 valence electrons. The first-order valence-corrected chi connectivity index (χ1v) is 7.02. The Labute approximate surface area is 124 Å². The molecule has 5 nitrogen and oxygen atoms in total. The van der Waals surface area contributed by atoms with E-state index in [9.17, 15) is 0 Å². The van der Waals surface area contributed by atoms with E-state index in [1.807, 2.05) is 58.9 Å². The van der Waals surface area contributed by atoms with E-state index in [1.54, 1.807) is 0 Å². The molecule has 5 heteroatoms. The van der Waals surface area contributed by atoms with Crippen molar-refractivity contribution in [3.05, 3.63) is 65.2 Å². The largest absolute Gasteiger partial charge is 0.326 e. The lowest BCUT2D eigenvalue weighted by atomic mass is 10.2. The van der Waals surface area contributed by atoms with Crippen LogP contribution in [0.1, 0.15) is 22.6 Å². The van der Waals surface area contributed by atoms with Crippen molar-refractivity contribution in [2.45, 2.75) is 26.9 Å². The predicted molar refractivity (Wildman–Crippen MR) is 82.3 cm³/mol. The SMILES string of the molecule is Cc1nn(Cc2ccn(-c3ccccc3)n2)c(C)c1CN. The van der Waals surface area contributed by atoms with E-state index in [0.717, 1.165) is 28.3 Å². The Morgan fingerprint density at radius 1 is 1.05 bits per heavy atom. The van der Waals surface area contributed by atoms with Crippen molar-refractivity contribution in [3.8, 4) is 5.69 Å². The first kappa shape index (κ1) is 13.6. The molecule has 0 amide bonds. The van der Waals surface area contributed by atoms with Gasteiger partial charge in [0.15, 0.2) is 0 Å². The van der Waals surface area contributed by atoms with Crippen LogP contribution in [0.3, 0.4) is 0 Å². The minimum absolute atomic E-state index is 0.524. The van der Waals surface area contributed by atoms with E-state index in [-0.39, 0.29) is 0 Å². The van der Waals surface area contributed by atoms with Crippen LogP contribution in [-0.4, -0.2) is 19.6 Å². The molecule has 0 unspecified atom stereocenters. The Morgan fingerprint density at radius 2 is 1.81 bits per heavy atom. The molecule has 0 fully saturated rings. The van der Waals surface area contributed by atoms with Gasteiger partial charge in [-0.25, -0.2) is 4.68 Å². The van der Waals surface area contributed by atoms with Crippen LogP contribution in [0.2, 0.25) is 0 Å². The van der Waals surface area contributed by atoms with Gasteiger partial charge in [0.1, 0.15) is 0 Å². The molecule has 0 aliphatic rings. The molecule has 3 rings (SSSR count). The van der Waals surface area contributed by atoms with Crippen LogP contribution < -0.4 is 5.73 Å². The zero-order valence-corrected chi connectivity index (χ0v) is 12.3. The van der Waals surface area contributed by atoms with Crippen molar-refractivity contribution in [2.75, 3.05) is 0 Å². The van der Waals surface area contributed by atoms with Gasteiger partial charge in [-0.15, -0.1) is 0 Å². The average molecular weight is 281 g/mol. The molecule has 0 saturated heterocycles. The molecule has 0 saturated carbocycles. The van der Waals surface area contributed by atoms with Gasteiger partial charge in [0, 0.05) is 24.0 Å². The summed E-state index contributed by atoms with van der Waals surface area (Å²) in [6.07, 6.45) is 1.97. The molecule has 0 atom stereocenters. The molecule has 0 spiro atoms. The fourth-order valence-corrected chi connectivity index (χ4v) is 2.51. The van der Waals surface area contributed by atoms with E-state index in [0.29, 0.717) is 13.1 Å². The van der Waals surface area contributed by atoms with Gasteiger partial charge in [0.2, 0.25) is 0 Å². The van der Waals surface area contributed by atoms with Gasteiger partial charge in [-0.2, -0.15) is 10.2 Å². The molecule has 21 heavy (non-hydrogen) atoms. The highest BCUT2D eigenvalue weighted by Crippen LogP contribution is 2.14. The highest BCUT2D eigenvalue weighted by molar-refractivity contribution is 5.30. The molecule has 0 aliphatic heterocycles. The first-order valence-electron chi connectivity index (χ1n) is 7.02. The predicted octanol–water partition coefficient (Wildman–Crippen LogP) is 2.19. The van der Waals surface area contributed by atoms with Crippen LogP contribution in [0.15, 0.2) is 42.6 Å². The first-order chi connectivity index (χ1) is 10.2. The standard InChI is InChI=1S/C16H19N5/c1-12-16(10-17)13(2)21(18-12)11-14-8-9-20(19-14)15-6-4-3-5-7-15/h3-9H,10-11,17H2,1-2H3. The quantitative estimate of drug-likeness (QED) is 0.797. The van der Waals surface area contributed by atoms with Gasteiger partial charge < -0.3 is 5.73 Å². The summed E-state index contributed by atoms with van der Waals surface area (Å²) in [5, 5.41) is 9.15. The molecule has 0 bridgehead atoms. The number of hydrogen-bond acceptors (Lipinski definition) is 3. The lowest BCUT2D eigenvalue weighted by Gasteiger charge is -2.03. The topological polar surface area (TPSA) is 61.7 Å². The van der Waals surface area contributed by atoms with Crippen molar-refractivity contribution >= 4 is 0 Å². The maximum absolute atomic E-state index is 5.77. The summed E-state index contributed by atoms with van der Waals surface area (Å²) < 4.78 is 3.85. The van der Waals surface area contributed by atoms with Crippen LogP contribution in [-0.2, 0) is 13.1 Å². The molecule has 2 N–H and O–H groups in total. The summed E-state index contributed by atoms with van der Waals surface area (Å²) in [5.74, 6) is 0. The summed E-state index contributed by atoms with van der Waals surface area (Å²) in [5.41, 5.74) is 11.0. The second kappa shape index (κ2) is 5.54. The van der Waals surface area contributed by atoms with Crippen molar-refractivity contribution in [1.29, 1.82) is 0 Å².